The number of nitrogens with zero attached hydrogens (tertiary/aromatic N) is 5. The van der Waals surface area contributed by atoms with E-state index in [0.717, 1.165) is 25.1 Å². The number of hydrogen-bond donors (Lipinski definition) is 0. The van der Waals surface area contributed by atoms with Crippen molar-refractivity contribution >= 4 is 5.91 Å². The first-order chi connectivity index (χ1) is 13.1. The first-order valence-corrected chi connectivity index (χ1v) is 9.05. The Hall–Kier alpha value is -3.03. The van der Waals surface area contributed by atoms with E-state index >= 15 is 0 Å². The molecule has 3 aromatic heterocycles. The van der Waals surface area contributed by atoms with E-state index in [0.29, 0.717) is 41.7 Å². The van der Waals surface area contributed by atoms with Crippen molar-refractivity contribution in [1.82, 2.24) is 25.0 Å². The summed E-state index contributed by atoms with van der Waals surface area (Å²) < 4.78 is 10.9. The topological polar surface area (TPSA) is 98.2 Å². The molecule has 140 valence electrons. The zero-order valence-electron chi connectivity index (χ0n) is 15.4. The molecule has 0 spiro atoms. The summed E-state index contributed by atoms with van der Waals surface area (Å²) in [7, 11) is 0. The Morgan fingerprint density at radius 1 is 1.33 bits per heavy atom. The van der Waals surface area contributed by atoms with Gasteiger partial charge in [0.05, 0.1) is 11.8 Å². The van der Waals surface area contributed by atoms with Gasteiger partial charge in [0.25, 0.3) is 5.91 Å². The van der Waals surface area contributed by atoms with E-state index in [-0.39, 0.29) is 11.8 Å². The van der Waals surface area contributed by atoms with Crippen molar-refractivity contribution in [1.29, 1.82) is 0 Å². The van der Waals surface area contributed by atoms with Crippen molar-refractivity contribution in [2.75, 3.05) is 13.1 Å². The van der Waals surface area contributed by atoms with Crippen LogP contribution in [0, 0.1) is 19.8 Å². The average molecular weight is 367 g/mol. The molecule has 4 heterocycles. The van der Waals surface area contributed by atoms with Crippen LogP contribution in [0.4, 0.5) is 0 Å². The molecule has 0 saturated carbocycles. The van der Waals surface area contributed by atoms with Crippen molar-refractivity contribution in [2.24, 2.45) is 5.92 Å². The van der Waals surface area contributed by atoms with Crippen LogP contribution in [-0.4, -0.2) is 44.0 Å². The summed E-state index contributed by atoms with van der Waals surface area (Å²) in [5.74, 6) is 2.74. The molecule has 0 radical (unpaired) electrons. The van der Waals surface area contributed by atoms with Crippen LogP contribution in [0.5, 0.6) is 0 Å². The van der Waals surface area contributed by atoms with Crippen molar-refractivity contribution < 1.29 is 13.7 Å². The second-order valence-corrected chi connectivity index (χ2v) is 6.89. The van der Waals surface area contributed by atoms with E-state index in [1.165, 1.54) is 0 Å². The van der Waals surface area contributed by atoms with Crippen LogP contribution in [0.3, 0.4) is 0 Å². The summed E-state index contributed by atoms with van der Waals surface area (Å²) >= 11 is 0. The molecule has 1 saturated heterocycles. The van der Waals surface area contributed by atoms with Crippen molar-refractivity contribution in [3.8, 4) is 11.5 Å². The molecular formula is C19H21N5O3. The summed E-state index contributed by atoms with van der Waals surface area (Å²) in [6.07, 6.45) is 7.41. The standard InChI is InChI=1S/C19H21N5O3/c1-12-8-15(13(2)26-12)19(25)24-7-3-4-14(11-24)9-17-22-18(23-27-17)16-10-20-5-6-21-16/h5-6,8,10,14H,3-4,7,9,11H2,1-2H3/t14-/m1/s1. The van der Waals surface area contributed by atoms with E-state index in [4.69, 9.17) is 8.94 Å². The van der Waals surface area contributed by atoms with Gasteiger partial charge in [0.2, 0.25) is 11.7 Å². The first kappa shape index (κ1) is 17.4. The smallest absolute Gasteiger partial charge is 0.257 e. The Bertz CT molecular complexity index is 934. The highest BCUT2D eigenvalue weighted by Crippen LogP contribution is 2.24. The molecule has 4 rings (SSSR count). The molecule has 0 bridgehead atoms. The fraction of sp³-hybridized carbons (Fsp3) is 0.421. The molecule has 1 atom stereocenters. The number of aromatic nitrogens is 4. The van der Waals surface area contributed by atoms with Crippen molar-refractivity contribution in [3.05, 3.63) is 47.6 Å². The number of furan rings is 1. The van der Waals surface area contributed by atoms with E-state index in [1.54, 1.807) is 18.6 Å². The summed E-state index contributed by atoms with van der Waals surface area (Å²) in [4.78, 5) is 27.3. The second kappa shape index (κ2) is 7.30. The van der Waals surface area contributed by atoms with Crippen molar-refractivity contribution in [3.63, 3.8) is 0 Å². The number of hydrogen-bond acceptors (Lipinski definition) is 7. The minimum atomic E-state index is 0.0276. The number of amides is 1. The van der Waals surface area contributed by atoms with E-state index in [2.05, 4.69) is 20.1 Å². The zero-order valence-corrected chi connectivity index (χ0v) is 15.4. The number of rotatable bonds is 4. The summed E-state index contributed by atoms with van der Waals surface area (Å²) in [6.45, 7) is 5.11. The van der Waals surface area contributed by atoms with Crippen LogP contribution in [0.2, 0.25) is 0 Å². The highest BCUT2D eigenvalue weighted by atomic mass is 16.5. The molecule has 8 heteroatoms. The maximum Gasteiger partial charge on any atom is 0.257 e. The lowest BCUT2D eigenvalue weighted by Crippen LogP contribution is -2.40. The Morgan fingerprint density at radius 2 is 2.22 bits per heavy atom. The Labute approximate surface area is 156 Å². The highest BCUT2D eigenvalue weighted by Gasteiger charge is 2.28. The van der Waals surface area contributed by atoms with Gasteiger partial charge in [-0.1, -0.05) is 5.16 Å². The van der Waals surface area contributed by atoms with Gasteiger partial charge >= 0.3 is 0 Å². The molecule has 8 nitrogen and oxygen atoms in total. The molecule has 1 amide bonds. The number of carbonyl (C=O) groups excluding carboxylic acids is 1. The maximum atomic E-state index is 12.8. The number of piperidine rings is 1. The molecule has 0 N–H and O–H groups in total. The molecule has 0 unspecified atom stereocenters. The third-order valence-corrected chi connectivity index (χ3v) is 4.80. The van der Waals surface area contributed by atoms with Gasteiger partial charge in [-0.25, -0.2) is 4.98 Å². The van der Waals surface area contributed by atoms with Crippen molar-refractivity contribution in [2.45, 2.75) is 33.1 Å². The molecular weight excluding hydrogens is 346 g/mol. The van der Waals surface area contributed by atoms with Crippen LogP contribution >= 0.6 is 0 Å². The Balaban J connectivity index is 1.42. The predicted molar refractivity (Wildman–Crippen MR) is 95.8 cm³/mol. The minimum absolute atomic E-state index is 0.0276. The predicted octanol–water partition coefficient (Wildman–Crippen LogP) is 2.83. The lowest BCUT2D eigenvalue weighted by atomic mass is 9.94. The monoisotopic (exact) mass is 367 g/mol. The maximum absolute atomic E-state index is 12.8. The largest absolute Gasteiger partial charge is 0.466 e. The van der Waals surface area contributed by atoms with Gasteiger partial charge in [0.1, 0.15) is 17.2 Å². The van der Waals surface area contributed by atoms with Gasteiger partial charge in [0, 0.05) is 31.9 Å². The molecule has 1 aliphatic rings. The number of likely N-dealkylation sites (tertiary alicyclic amines) is 1. The van der Waals surface area contributed by atoms with E-state index < -0.39 is 0 Å². The van der Waals surface area contributed by atoms with Crippen LogP contribution < -0.4 is 0 Å². The highest BCUT2D eigenvalue weighted by molar-refractivity contribution is 5.95. The molecule has 0 aliphatic carbocycles. The van der Waals surface area contributed by atoms with E-state index in [9.17, 15) is 4.79 Å². The lowest BCUT2D eigenvalue weighted by molar-refractivity contribution is 0.0666. The molecule has 0 aromatic carbocycles. The molecule has 1 fully saturated rings. The SMILES string of the molecule is Cc1cc(C(=O)N2CCC[C@H](Cc3nc(-c4cnccn4)no3)C2)c(C)o1. The van der Waals surface area contributed by atoms with E-state index in [1.807, 2.05) is 24.8 Å². The normalized spacial score (nSPS) is 17.3. The van der Waals surface area contributed by atoms with Gasteiger partial charge in [-0.05, 0) is 38.7 Å². The Kier molecular flexibility index (Phi) is 4.70. The molecule has 27 heavy (non-hydrogen) atoms. The van der Waals surface area contributed by atoms with Crippen LogP contribution in [0.1, 0.15) is 40.6 Å². The lowest BCUT2D eigenvalue weighted by Gasteiger charge is -2.32. The van der Waals surface area contributed by atoms with Gasteiger partial charge in [0.15, 0.2) is 0 Å². The number of carbonyl (C=O) groups is 1. The van der Waals surface area contributed by atoms with Crippen LogP contribution in [0.15, 0.2) is 33.6 Å². The fourth-order valence-electron chi connectivity index (χ4n) is 3.53. The average Bonchev–Trinajstić information content (AvgIpc) is 3.28. The van der Waals surface area contributed by atoms with Gasteiger partial charge in [-0.3, -0.25) is 9.78 Å². The third kappa shape index (κ3) is 3.74. The quantitative estimate of drug-likeness (QED) is 0.699. The molecule has 1 aliphatic heterocycles. The van der Waals surface area contributed by atoms with Crippen LogP contribution in [0.25, 0.3) is 11.5 Å². The van der Waals surface area contributed by atoms with Gasteiger partial charge < -0.3 is 13.8 Å². The third-order valence-electron chi connectivity index (χ3n) is 4.80. The van der Waals surface area contributed by atoms with Gasteiger partial charge in [-0.2, -0.15) is 4.98 Å². The zero-order chi connectivity index (χ0) is 18.8. The molecule has 3 aromatic rings. The summed E-state index contributed by atoms with van der Waals surface area (Å²) in [6, 6.07) is 1.81. The first-order valence-electron chi connectivity index (χ1n) is 9.05. The Morgan fingerprint density at radius 3 is 2.96 bits per heavy atom. The minimum Gasteiger partial charge on any atom is -0.466 e. The summed E-state index contributed by atoms with van der Waals surface area (Å²) in [5.41, 5.74) is 1.23. The van der Waals surface area contributed by atoms with Gasteiger partial charge in [-0.15, -0.1) is 0 Å². The van der Waals surface area contributed by atoms with Crippen LogP contribution in [-0.2, 0) is 6.42 Å². The fourth-order valence-corrected chi connectivity index (χ4v) is 3.53. The summed E-state index contributed by atoms with van der Waals surface area (Å²) in [5, 5.41) is 3.99. The number of aryl methyl sites for hydroxylation is 2. The second-order valence-electron chi connectivity index (χ2n) is 6.89.